The van der Waals surface area contributed by atoms with Gasteiger partial charge >= 0.3 is 0 Å². The zero-order valence-corrected chi connectivity index (χ0v) is 20.8. The van der Waals surface area contributed by atoms with Crippen molar-refractivity contribution in [3.8, 4) is 5.75 Å². The molecule has 0 unspecified atom stereocenters. The molecule has 0 aliphatic carbocycles. The molecule has 4 rings (SSSR count). The Morgan fingerprint density at radius 2 is 1.89 bits per heavy atom. The van der Waals surface area contributed by atoms with Gasteiger partial charge in [0.2, 0.25) is 0 Å². The third-order valence-electron chi connectivity index (χ3n) is 5.76. The fourth-order valence-corrected chi connectivity index (χ4v) is 4.27. The molecule has 0 aromatic heterocycles. The van der Waals surface area contributed by atoms with Gasteiger partial charge in [0.05, 0.1) is 15.8 Å². The Kier molecular flexibility index (Phi) is 8.63. The fraction of sp³-hybridized carbons (Fsp3) is 0.296. The van der Waals surface area contributed by atoms with Gasteiger partial charge in [-0.15, -0.1) is 0 Å². The molecule has 0 amide bonds. The van der Waals surface area contributed by atoms with Gasteiger partial charge in [-0.25, -0.2) is 4.39 Å². The molecule has 0 radical (unpaired) electrons. The summed E-state index contributed by atoms with van der Waals surface area (Å²) in [5, 5.41) is 15.9. The zero-order chi connectivity index (χ0) is 24.8. The first-order chi connectivity index (χ1) is 16.9. The number of halogens is 3. The number of hydrogen-bond acceptors (Lipinski definition) is 5. The molecule has 0 saturated heterocycles. The van der Waals surface area contributed by atoms with E-state index in [4.69, 9.17) is 32.8 Å². The van der Waals surface area contributed by atoms with Crippen molar-refractivity contribution < 1.29 is 19.1 Å². The maximum atomic E-state index is 13.4. The topological polar surface area (TPSA) is 54.3 Å². The Hall–Kier alpha value is -2.64. The molecule has 8 heteroatoms. The van der Waals surface area contributed by atoms with Crippen molar-refractivity contribution in [1.29, 1.82) is 0 Å². The predicted molar refractivity (Wildman–Crippen MR) is 137 cm³/mol. The van der Waals surface area contributed by atoms with E-state index in [1.54, 1.807) is 24.3 Å². The SMILES string of the molecule is Cc1ccccc1OC[C@H](O)CN(Cc1ccc(F)cc1)C[C@H]1CC(c2ccc(Cl)c(Cl)c2)=NO1. The molecule has 1 aliphatic heterocycles. The van der Waals surface area contributed by atoms with Crippen LogP contribution in [0.1, 0.15) is 23.1 Å². The summed E-state index contributed by atoms with van der Waals surface area (Å²) in [4.78, 5) is 7.77. The molecule has 0 fully saturated rings. The lowest BCUT2D eigenvalue weighted by Crippen LogP contribution is -2.39. The van der Waals surface area contributed by atoms with Gasteiger partial charge < -0.3 is 14.7 Å². The predicted octanol–water partition coefficient (Wildman–Crippen LogP) is 5.88. The molecule has 1 N–H and O–H groups in total. The number of benzene rings is 3. The summed E-state index contributed by atoms with van der Waals surface area (Å²) >= 11 is 12.2. The first kappa shape index (κ1) is 25.5. The molecule has 0 spiro atoms. The fourth-order valence-electron chi connectivity index (χ4n) is 3.97. The molecule has 35 heavy (non-hydrogen) atoms. The van der Waals surface area contributed by atoms with Gasteiger partial charge in [-0.1, -0.05) is 64.8 Å². The number of ether oxygens (including phenoxy) is 1. The normalized spacial score (nSPS) is 16.2. The second kappa shape index (κ2) is 11.9. The van der Waals surface area contributed by atoms with Crippen LogP contribution >= 0.6 is 23.2 Å². The molecule has 2 atom stereocenters. The molecule has 3 aromatic rings. The second-order valence-electron chi connectivity index (χ2n) is 8.65. The third kappa shape index (κ3) is 7.18. The summed E-state index contributed by atoms with van der Waals surface area (Å²) in [6, 6.07) is 19.4. The number of rotatable bonds is 10. The summed E-state index contributed by atoms with van der Waals surface area (Å²) in [6.45, 7) is 3.51. The number of aliphatic hydroxyl groups excluding tert-OH is 1. The summed E-state index contributed by atoms with van der Waals surface area (Å²) in [5.74, 6) is 0.459. The number of para-hydroxylation sites is 1. The van der Waals surface area contributed by atoms with E-state index in [2.05, 4.69) is 10.1 Å². The number of nitrogens with zero attached hydrogens (tertiary/aromatic N) is 2. The molecule has 1 aliphatic rings. The van der Waals surface area contributed by atoms with Gasteiger partial charge in [-0.2, -0.15) is 0 Å². The highest BCUT2D eigenvalue weighted by molar-refractivity contribution is 6.42. The first-order valence-corrected chi connectivity index (χ1v) is 12.1. The summed E-state index contributed by atoms with van der Waals surface area (Å²) in [5.41, 5.74) is 3.59. The number of oxime groups is 1. The van der Waals surface area contributed by atoms with E-state index < -0.39 is 6.10 Å². The van der Waals surface area contributed by atoms with E-state index in [1.165, 1.54) is 12.1 Å². The van der Waals surface area contributed by atoms with E-state index >= 15 is 0 Å². The van der Waals surface area contributed by atoms with Crippen molar-refractivity contribution in [3.63, 3.8) is 0 Å². The van der Waals surface area contributed by atoms with Crippen molar-refractivity contribution >= 4 is 28.9 Å². The molecular weight excluding hydrogens is 490 g/mol. The maximum absolute atomic E-state index is 13.4. The molecule has 5 nitrogen and oxygen atoms in total. The highest BCUT2D eigenvalue weighted by Gasteiger charge is 2.26. The Morgan fingerprint density at radius 1 is 1.11 bits per heavy atom. The quantitative estimate of drug-likeness (QED) is 0.365. The Bertz CT molecular complexity index is 1170. The average molecular weight is 517 g/mol. The largest absolute Gasteiger partial charge is 0.491 e. The highest BCUT2D eigenvalue weighted by Crippen LogP contribution is 2.26. The van der Waals surface area contributed by atoms with Crippen LogP contribution in [-0.4, -0.2) is 47.6 Å². The van der Waals surface area contributed by atoms with Crippen molar-refractivity contribution in [3.05, 3.63) is 99.3 Å². The van der Waals surface area contributed by atoms with Crippen molar-refractivity contribution in [2.45, 2.75) is 32.1 Å². The molecule has 3 aromatic carbocycles. The Morgan fingerprint density at radius 3 is 2.63 bits per heavy atom. The minimum atomic E-state index is -0.730. The highest BCUT2D eigenvalue weighted by atomic mass is 35.5. The lowest BCUT2D eigenvalue weighted by atomic mass is 10.0. The van der Waals surface area contributed by atoms with Crippen LogP contribution in [0, 0.1) is 12.7 Å². The van der Waals surface area contributed by atoms with Crippen molar-refractivity contribution in [2.24, 2.45) is 5.16 Å². The molecule has 0 bridgehead atoms. The van der Waals surface area contributed by atoms with E-state index in [1.807, 2.05) is 37.3 Å². The lowest BCUT2D eigenvalue weighted by Gasteiger charge is -2.27. The van der Waals surface area contributed by atoms with Gasteiger partial charge in [0, 0.05) is 31.6 Å². The minimum absolute atomic E-state index is 0.154. The maximum Gasteiger partial charge on any atom is 0.145 e. The molecule has 184 valence electrons. The Balaban J connectivity index is 1.39. The van der Waals surface area contributed by atoms with Gasteiger partial charge in [0.25, 0.3) is 0 Å². The van der Waals surface area contributed by atoms with Gasteiger partial charge in [-0.05, 0) is 48.4 Å². The number of aliphatic hydroxyl groups is 1. The van der Waals surface area contributed by atoms with Crippen LogP contribution < -0.4 is 4.74 Å². The standard InChI is InChI=1S/C27H27Cl2FN2O3/c1-18-4-2-3-5-27(18)34-17-22(33)15-32(14-19-6-9-21(30)10-7-19)16-23-13-26(31-35-23)20-8-11-24(28)25(29)12-20/h2-12,22-23,33H,13-17H2,1H3/t22-,23-/m1/s1. The monoisotopic (exact) mass is 516 g/mol. The van der Waals surface area contributed by atoms with E-state index in [0.29, 0.717) is 36.1 Å². The molecule has 0 saturated carbocycles. The summed E-state index contributed by atoms with van der Waals surface area (Å²) < 4.78 is 19.2. The molecule has 1 heterocycles. The second-order valence-corrected chi connectivity index (χ2v) is 9.46. The number of hydrogen-bond donors (Lipinski definition) is 1. The number of aryl methyl sites for hydroxylation is 1. The lowest BCUT2D eigenvalue weighted by molar-refractivity contribution is 0.0212. The first-order valence-electron chi connectivity index (χ1n) is 11.4. The third-order valence-corrected chi connectivity index (χ3v) is 6.50. The van der Waals surface area contributed by atoms with Gasteiger partial charge in [0.15, 0.2) is 0 Å². The van der Waals surface area contributed by atoms with Crippen LogP contribution in [0.25, 0.3) is 0 Å². The van der Waals surface area contributed by atoms with Crippen LogP contribution in [0.5, 0.6) is 5.75 Å². The van der Waals surface area contributed by atoms with Crippen molar-refractivity contribution in [2.75, 3.05) is 19.7 Å². The van der Waals surface area contributed by atoms with Gasteiger partial charge in [-0.3, -0.25) is 4.90 Å². The van der Waals surface area contributed by atoms with Crippen LogP contribution in [0.15, 0.2) is 71.9 Å². The van der Waals surface area contributed by atoms with Crippen LogP contribution in [0.3, 0.4) is 0 Å². The smallest absolute Gasteiger partial charge is 0.145 e. The van der Waals surface area contributed by atoms with E-state index in [-0.39, 0.29) is 18.5 Å². The minimum Gasteiger partial charge on any atom is -0.491 e. The molecular formula is C27H27Cl2FN2O3. The Labute approximate surface area is 214 Å². The summed E-state index contributed by atoms with van der Waals surface area (Å²) in [7, 11) is 0. The van der Waals surface area contributed by atoms with Crippen molar-refractivity contribution in [1.82, 2.24) is 4.90 Å². The van der Waals surface area contributed by atoms with Crippen LogP contribution in [0.2, 0.25) is 10.0 Å². The summed E-state index contributed by atoms with van der Waals surface area (Å²) in [6.07, 6.45) is -0.343. The van der Waals surface area contributed by atoms with Crippen LogP contribution in [0.4, 0.5) is 4.39 Å². The van der Waals surface area contributed by atoms with Gasteiger partial charge in [0.1, 0.15) is 30.4 Å². The average Bonchev–Trinajstić information content (AvgIpc) is 3.30. The van der Waals surface area contributed by atoms with E-state index in [0.717, 1.165) is 28.2 Å². The van der Waals surface area contributed by atoms with E-state index in [9.17, 15) is 9.50 Å². The van der Waals surface area contributed by atoms with Crippen LogP contribution in [-0.2, 0) is 11.4 Å². The zero-order valence-electron chi connectivity index (χ0n) is 19.3.